The summed E-state index contributed by atoms with van der Waals surface area (Å²) >= 11 is 5.31. The molecule has 0 aliphatic heterocycles. The van der Waals surface area contributed by atoms with Gasteiger partial charge in [-0.2, -0.15) is 17.0 Å². The van der Waals surface area contributed by atoms with E-state index in [0.29, 0.717) is 11.6 Å². The molecule has 1 aromatic rings. The van der Waals surface area contributed by atoms with Gasteiger partial charge in [-0.25, -0.2) is 0 Å². The Balaban J connectivity index is 2.84. The van der Waals surface area contributed by atoms with Crippen LogP contribution < -0.4 is 4.90 Å². The summed E-state index contributed by atoms with van der Waals surface area (Å²) in [7, 11) is 2.08. The van der Waals surface area contributed by atoms with Crippen molar-refractivity contribution in [1.29, 1.82) is 5.26 Å². The Bertz CT molecular complexity index is 414. The molecule has 0 saturated heterocycles. The first-order valence-electron chi connectivity index (χ1n) is 5.51. The second kappa shape index (κ2) is 6.93. The molecule has 0 aliphatic carbocycles. The van der Waals surface area contributed by atoms with Crippen LogP contribution in [0.25, 0.3) is 0 Å². The molecule has 4 heteroatoms. The molecule has 0 bridgehead atoms. The first kappa shape index (κ1) is 14.4. The zero-order valence-electron chi connectivity index (χ0n) is 10.4. The summed E-state index contributed by atoms with van der Waals surface area (Å²) in [6.07, 6.45) is 3.27. The molecular formula is C13H17BrN2S. The zero-order chi connectivity index (χ0) is 12.8. The van der Waals surface area contributed by atoms with E-state index in [2.05, 4.69) is 53.2 Å². The van der Waals surface area contributed by atoms with Crippen molar-refractivity contribution in [2.24, 2.45) is 0 Å². The third-order valence-electron chi connectivity index (χ3n) is 2.82. The molecule has 1 unspecified atom stereocenters. The highest BCUT2D eigenvalue weighted by Crippen LogP contribution is 2.24. The molecule has 0 spiro atoms. The van der Waals surface area contributed by atoms with Crippen LogP contribution in [0.15, 0.2) is 22.7 Å². The average molecular weight is 313 g/mol. The normalized spacial score (nSPS) is 11.9. The minimum absolute atomic E-state index is 0.475. The Labute approximate surface area is 116 Å². The first-order valence-corrected chi connectivity index (χ1v) is 7.69. The van der Waals surface area contributed by atoms with Gasteiger partial charge in [0.15, 0.2) is 0 Å². The summed E-state index contributed by atoms with van der Waals surface area (Å²) in [6.45, 7) is 2.21. The van der Waals surface area contributed by atoms with E-state index < -0.39 is 0 Å². The highest BCUT2D eigenvalue weighted by Gasteiger charge is 2.11. The maximum atomic E-state index is 8.96. The Morgan fingerprint density at radius 3 is 2.76 bits per heavy atom. The zero-order valence-corrected chi connectivity index (χ0v) is 12.8. The molecule has 0 heterocycles. The summed E-state index contributed by atoms with van der Waals surface area (Å²) in [4.78, 5) is 2.22. The minimum atomic E-state index is 0.475. The van der Waals surface area contributed by atoms with Crippen molar-refractivity contribution < 1.29 is 0 Å². The van der Waals surface area contributed by atoms with Gasteiger partial charge in [-0.05, 0) is 43.6 Å². The molecule has 17 heavy (non-hydrogen) atoms. The van der Waals surface area contributed by atoms with E-state index in [0.717, 1.165) is 22.3 Å². The summed E-state index contributed by atoms with van der Waals surface area (Å²) in [5.41, 5.74) is 1.78. The standard InChI is InChI=1S/C13H17BrN2S/c1-10(4-5-17-3)16(2)13-7-11(9-15)6-12(14)8-13/h6-8,10H,4-5H2,1-3H3. The van der Waals surface area contributed by atoms with Crippen LogP contribution in [0, 0.1) is 11.3 Å². The minimum Gasteiger partial charge on any atom is -0.372 e. The number of halogens is 1. The van der Waals surface area contributed by atoms with Crippen LogP contribution in [0.3, 0.4) is 0 Å². The van der Waals surface area contributed by atoms with Gasteiger partial charge in [0.2, 0.25) is 0 Å². The largest absolute Gasteiger partial charge is 0.372 e. The van der Waals surface area contributed by atoms with Gasteiger partial charge in [0.1, 0.15) is 0 Å². The summed E-state index contributed by atoms with van der Waals surface area (Å²) < 4.78 is 0.954. The number of nitriles is 1. The van der Waals surface area contributed by atoms with E-state index in [1.807, 2.05) is 23.9 Å². The Kier molecular flexibility index (Phi) is 5.87. The lowest BCUT2D eigenvalue weighted by Crippen LogP contribution is -2.29. The van der Waals surface area contributed by atoms with Gasteiger partial charge < -0.3 is 4.90 Å². The smallest absolute Gasteiger partial charge is 0.0992 e. The topological polar surface area (TPSA) is 27.0 Å². The highest BCUT2D eigenvalue weighted by molar-refractivity contribution is 9.10. The fourth-order valence-corrected chi connectivity index (χ4v) is 2.64. The van der Waals surface area contributed by atoms with Gasteiger partial charge in [0.25, 0.3) is 0 Å². The fourth-order valence-electron chi connectivity index (χ4n) is 1.58. The molecule has 92 valence electrons. The van der Waals surface area contributed by atoms with Gasteiger partial charge in [-0.3, -0.25) is 0 Å². The van der Waals surface area contributed by atoms with Crippen molar-refractivity contribution in [2.75, 3.05) is 24.0 Å². The monoisotopic (exact) mass is 312 g/mol. The molecule has 0 N–H and O–H groups in total. The Morgan fingerprint density at radius 2 is 2.18 bits per heavy atom. The maximum Gasteiger partial charge on any atom is 0.0992 e. The Morgan fingerprint density at radius 1 is 1.47 bits per heavy atom. The van der Waals surface area contributed by atoms with Gasteiger partial charge in [-0.1, -0.05) is 15.9 Å². The molecule has 0 fully saturated rings. The van der Waals surface area contributed by atoms with E-state index in [4.69, 9.17) is 5.26 Å². The van der Waals surface area contributed by atoms with Gasteiger partial charge in [0.05, 0.1) is 11.6 Å². The number of thioether (sulfide) groups is 1. The number of rotatable bonds is 5. The third-order valence-corrected chi connectivity index (χ3v) is 3.92. The van der Waals surface area contributed by atoms with Crippen LogP contribution in [-0.2, 0) is 0 Å². The van der Waals surface area contributed by atoms with Gasteiger partial charge in [-0.15, -0.1) is 0 Å². The van der Waals surface area contributed by atoms with Crippen molar-refractivity contribution in [3.63, 3.8) is 0 Å². The van der Waals surface area contributed by atoms with Crippen LogP contribution in [0.2, 0.25) is 0 Å². The summed E-state index contributed by atoms with van der Waals surface area (Å²) in [5.74, 6) is 1.16. The van der Waals surface area contributed by atoms with Gasteiger partial charge in [0, 0.05) is 23.2 Å². The van der Waals surface area contributed by atoms with Crippen molar-refractivity contribution >= 4 is 33.4 Å². The lowest BCUT2D eigenvalue weighted by molar-refractivity contribution is 0.669. The van der Waals surface area contributed by atoms with E-state index in [1.54, 1.807) is 0 Å². The first-order chi connectivity index (χ1) is 8.08. The molecule has 1 atom stereocenters. The molecule has 1 rings (SSSR count). The van der Waals surface area contributed by atoms with Crippen LogP contribution >= 0.6 is 27.7 Å². The van der Waals surface area contributed by atoms with Crippen molar-refractivity contribution in [2.45, 2.75) is 19.4 Å². The number of anilines is 1. The third kappa shape index (κ3) is 4.25. The Hall–Kier alpha value is -0.660. The van der Waals surface area contributed by atoms with E-state index in [9.17, 15) is 0 Å². The quantitative estimate of drug-likeness (QED) is 0.825. The van der Waals surface area contributed by atoms with Crippen LogP contribution in [0.1, 0.15) is 18.9 Å². The number of nitrogens with zero attached hydrogens (tertiary/aromatic N) is 2. The molecule has 0 amide bonds. The lowest BCUT2D eigenvalue weighted by Gasteiger charge is -2.27. The lowest BCUT2D eigenvalue weighted by atomic mass is 10.1. The van der Waals surface area contributed by atoms with E-state index in [1.165, 1.54) is 0 Å². The molecule has 2 nitrogen and oxygen atoms in total. The number of benzene rings is 1. The second-order valence-electron chi connectivity index (χ2n) is 4.05. The molecule has 0 aliphatic rings. The van der Waals surface area contributed by atoms with Crippen LogP contribution in [0.4, 0.5) is 5.69 Å². The predicted molar refractivity (Wildman–Crippen MR) is 79.7 cm³/mol. The van der Waals surface area contributed by atoms with Crippen molar-refractivity contribution in [3.05, 3.63) is 28.2 Å². The molecule has 1 aromatic carbocycles. The molecule has 0 saturated carbocycles. The maximum absolute atomic E-state index is 8.96. The SMILES string of the molecule is CSCCC(C)N(C)c1cc(Br)cc(C#N)c1. The molecule has 0 aromatic heterocycles. The van der Waals surface area contributed by atoms with E-state index in [-0.39, 0.29) is 0 Å². The second-order valence-corrected chi connectivity index (χ2v) is 5.95. The predicted octanol–water partition coefficient (Wildman–Crippen LogP) is 3.90. The number of hydrogen-bond donors (Lipinski definition) is 0. The molecule has 0 radical (unpaired) electrons. The summed E-state index contributed by atoms with van der Waals surface area (Å²) in [5, 5.41) is 8.96. The van der Waals surface area contributed by atoms with Crippen molar-refractivity contribution in [3.8, 4) is 6.07 Å². The van der Waals surface area contributed by atoms with Crippen molar-refractivity contribution in [1.82, 2.24) is 0 Å². The highest BCUT2D eigenvalue weighted by atomic mass is 79.9. The number of hydrogen-bond acceptors (Lipinski definition) is 3. The fraction of sp³-hybridized carbons (Fsp3) is 0.462. The molecular weight excluding hydrogens is 296 g/mol. The summed E-state index contributed by atoms with van der Waals surface area (Å²) in [6, 6.07) is 8.48. The average Bonchev–Trinajstić information content (AvgIpc) is 2.34. The van der Waals surface area contributed by atoms with E-state index >= 15 is 0 Å². The van der Waals surface area contributed by atoms with Gasteiger partial charge >= 0.3 is 0 Å². The van der Waals surface area contributed by atoms with Crippen LogP contribution in [0.5, 0.6) is 0 Å². The van der Waals surface area contributed by atoms with Crippen LogP contribution in [-0.4, -0.2) is 25.1 Å².